The number of rotatable bonds is 3. The van der Waals surface area contributed by atoms with Crippen LogP contribution < -0.4 is 10.6 Å². The van der Waals surface area contributed by atoms with Crippen LogP contribution in [0.2, 0.25) is 0 Å². The lowest BCUT2D eigenvalue weighted by Gasteiger charge is -2.01. The molecule has 0 unspecified atom stereocenters. The van der Waals surface area contributed by atoms with Crippen molar-refractivity contribution in [2.45, 2.75) is 13.8 Å². The zero-order valence-corrected chi connectivity index (χ0v) is 10.9. The molecule has 0 spiro atoms. The second-order valence-corrected chi connectivity index (χ2v) is 4.98. The van der Waals surface area contributed by atoms with Gasteiger partial charge in [0.05, 0.1) is 16.8 Å². The van der Waals surface area contributed by atoms with Gasteiger partial charge in [-0.2, -0.15) is 0 Å². The summed E-state index contributed by atoms with van der Waals surface area (Å²) in [6.07, 6.45) is 0. The molecule has 0 aliphatic heterocycles. The molecule has 6 heteroatoms. The van der Waals surface area contributed by atoms with Crippen LogP contribution in [0.3, 0.4) is 0 Å². The molecule has 0 saturated heterocycles. The van der Waals surface area contributed by atoms with Gasteiger partial charge in [0.2, 0.25) is 11.8 Å². The van der Waals surface area contributed by atoms with E-state index in [1.54, 1.807) is 0 Å². The number of thiazole rings is 1. The third-order valence-corrected chi connectivity index (χ3v) is 3.22. The van der Waals surface area contributed by atoms with E-state index >= 15 is 0 Å². The van der Waals surface area contributed by atoms with Crippen LogP contribution in [0.4, 0.5) is 5.13 Å². The maximum Gasteiger partial charge on any atom is 0.245 e. The first-order chi connectivity index (χ1) is 8.54. The number of hydrogen-bond acceptors (Lipinski definition) is 4. The molecule has 0 radical (unpaired) electrons. The van der Waals surface area contributed by atoms with Crippen molar-refractivity contribution in [1.29, 1.82) is 0 Å². The van der Waals surface area contributed by atoms with Crippen molar-refractivity contribution in [3.63, 3.8) is 0 Å². The lowest BCUT2D eigenvalue weighted by atomic mass is 10.2. The Hall–Kier alpha value is -1.95. The average molecular weight is 263 g/mol. The number of carbonyl (C=O) groups is 2. The van der Waals surface area contributed by atoms with Crippen molar-refractivity contribution >= 4 is 38.5 Å². The second kappa shape index (κ2) is 5.14. The predicted molar refractivity (Wildman–Crippen MR) is 71.7 cm³/mol. The molecule has 0 aliphatic rings. The van der Waals surface area contributed by atoms with Crippen molar-refractivity contribution in [3.8, 4) is 0 Å². The van der Waals surface area contributed by atoms with Crippen LogP contribution in [-0.2, 0) is 9.59 Å². The standard InChI is InChI=1S/C12H13N3O2S/c1-7-3-4-9-10(5-7)18-12(14-9)15-11(17)6-13-8(2)16/h3-5H,6H2,1-2H3,(H,13,16)(H,14,15,17). The van der Waals surface area contributed by atoms with Crippen LogP contribution in [0.15, 0.2) is 18.2 Å². The molecule has 2 aromatic rings. The third-order valence-electron chi connectivity index (χ3n) is 2.29. The molecule has 5 nitrogen and oxygen atoms in total. The van der Waals surface area contributed by atoms with Gasteiger partial charge >= 0.3 is 0 Å². The monoisotopic (exact) mass is 263 g/mol. The Bertz CT molecular complexity index is 606. The minimum absolute atomic E-state index is 0.0374. The molecular weight excluding hydrogens is 250 g/mol. The third kappa shape index (κ3) is 3.04. The number of fused-ring (bicyclic) bond motifs is 1. The van der Waals surface area contributed by atoms with Crippen molar-refractivity contribution in [2.24, 2.45) is 0 Å². The van der Waals surface area contributed by atoms with E-state index in [0.717, 1.165) is 15.8 Å². The number of benzene rings is 1. The van der Waals surface area contributed by atoms with Crippen molar-refractivity contribution < 1.29 is 9.59 Å². The Morgan fingerprint density at radius 2 is 2.17 bits per heavy atom. The SMILES string of the molecule is CC(=O)NCC(=O)Nc1nc2ccc(C)cc2s1. The fourth-order valence-electron chi connectivity index (χ4n) is 1.45. The summed E-state index contributed by atoms with van der Waals surface area (Å²) in [5, 5.41) is 5.64. The van der Waals surface area contributed by atoms with Gasteiger partial charge in [-0.3, -0.25) is 9.59 Å². The van der Waals surface area contributed by atoms with Gasteiger partial charge in [0, 0.05) is 6.92 Å². The molecule has 2 N–H and O–H groups in total. The highest BCUT2D eigenvalue weighted by Gasteiger charge is 2.08. The van der Waals surface area contributed by atoms with Crippen LogP contribution in [0.1, 0.15) is 12.5 Å². The summed E-state index contributed by atoms with van der Waals surface area (Å²) in [7, 11) is 0. The number of aromatic nitrogens is 1. The smallest absolute Gasteiger partial charge is 0.245 e. The number of carbonyl (C=O) groups excluding carboxylic acids is 2. The highest BCUT2D eigenvalue weighted by molar-refractivity contribution is 7.22. The van der Waals surface area contributed by atoms with Gasteiger partial charge in [0.15, 0.2) is 5.13 Å². The molecule has 1 aromatic carbocycles. The molecule has 0 bridgehead atoms. The number of nitrogens with one attached hydrogen (secondary N) is 2. The minimum Gasteiger partial charge on any atom is -0.347 e. The van der Waals surface area contributed by atoms with Gasteiger partial charge in [-0.15, -0.1) is 0 Å². The van der Waals surface area contributed by atoms with Gasteiger partial charge in [-0.05, 0) is 24.6 Å². The number of aryl methyl sites for hydroxylation is 1. The van der Waals surface area contributed by atoms with Crippen LogP contribution in [0.5, 0.6) is 0 Å². The second-order valence-electron chi connectivity index (χ2n) is 3.95. The maximum absolute atomic E-state index is 11.5. The zero-order chi connectivity index (χ0) is 13.1. The first-order valence-electron chi connectivity index (χ1n) is 5.46. The number of hydrogen-bond donors (Lipinski definition) is 2. The molecule has 0 saturated carbocycles. The maximum atomic E-state index is 11.5. The fraction of sp³-hybridized carbons (Fsp3) is 0.250. The highest BCUT2D eigenvalue weighted by Crippen LogP contribution is 2.26. The fourth-order valence-corrected chi connectivity index (χ4v) is 2.43. The summed E-state index contributed by atoms with van der Waals surface area (Å²) in [5.74, 6) is -0.508. The first-order valence-corrected chi connectivity index (χ1v) is 6.28. The lowest BCUT2D eigenvalue weighted by molar-refractivity contribution is -0.122. The van der Waals surface area contributed by atoms with Crippen LogP contribution in [0.25, 0.3) is 10.2 Å². The summed E-state index contributed by atoms with van der Waals surface area (Å²) >= 11 is 1.42. The summed E-state index contributed by atoms with van der Waals surface area (Å²) in [4.78, 5) is 26.5. The molecule has 2 rings (SSSR count). The van der Waals surface area contributed by atoms with E-state index in [1.807, 2.05) is 25.1 Å². The van der Waals surface area contributed by atoms with Crippen LogP contribution >= 0.6 is 11.3 Å². The molecule has 18 heavy (non-hydrogen) atoms. The Morgan fingerprint density at radius 3 is 2.89 bits per heavy atom. The van der Waals surface area contributed by atoms with E-state index in [9.17, 15) is 9.59 Å². The molecule has 0 atom stereocenters. The normalized spacial score (nSPS) is 10.3. The van der Waals surface area contributed by atoms with E-state index in [4.69, 9.17) is 0 Å². The molecular formula is C12H13N3O2S. The van der Waals surface area contributed by atoms with E-state index < -0.39 is 0 Å². The van der Waals surface area contributed by atoms with Gasteiger partial charge in [-0.25, -0.2) is 4.98 Å². The highest BCUT2D eigenvalue weighted by atomic mass is 32.1. The molecule has 0 aliphatic carbocycles. The Morgan fingerprint density at radius 1 is 1.39 bits per heavy atom. The lowest BCUT2D eigenvalue weighted by Crippen LogP contribution is -2.31. The van der Waals surface area contributed by atoms with Crippen molar-refractivity contribution in [3.05, 3.63) is 23.8 Å². The zero-order valence-electron chi connectivity index (χ0n) is 10.1. The molecule has 94 valence electrons. The van der Waals surface area contributed by atoms with Gasteiger partial charge < -0.3 is 10.6 Å². The quantitative estimate of drug-likeness (QED) is 0.885. The molecule has 1 heterocycles. The molecule has 0 fully saturated rings. The summed E-state index contributed by atoms with van der Waals surface area (Å²) in [5.41, 5.74) is 2.02. The van der Waals surface area contributed by atoms with Crippen molar-refractivity contribution in [2.75, 3.05) is 11.9 Å². The van der Waals surface area contributed by atoms with E-state index in [1.165, 1.54) is 18.3 Å². The largest absolute Gasteiger partial charge is 0.347 e. The summed E-state index contributed by atoms with van der Waals surface area (Å²) in [6.45, 7) is 3.34. The van der Waals surface area contributed by atoms with Gasteiger partial charge in [0.25, 0.3) is 0 Å². The Balaban J connectivity index is 2.07. The molecule has 1 aromatic heterocycles. The first kappa shape index (κ1) is 12.5. The number of nitrogens with zero attached hydrogens (tertiary/aromatic N) is 1. The van der Waals surface area contributed by atoms with Gasteiger partial charge in [0.1, 0.15) is 0 Å². The Kier molecular flexibility index (Phi) is 3.57. The van der Waals surface area contributed by atoms with Crippen LogP contribution in [-0.4, -0.2) is 23.3 Å². The van der Waals surface area contributed by atoms with Crippen molar-refractivity contribution in [1.82, 2.24) is 10.3 Å². The van der Waals surface area contributed by atoms with Gasteiger partial charge in [-0.1, -0.05) is 17.4 Å². The minimum atomic E-state index is -0.277. The van der Waals surface area contributed by atoms with E-state index in [2.05, 4.69) is 15.6 Å². The van der Waals surface area contributed by atoms with Crippen LogP contribution in [0, 0.1) is 6.92 Å². The predicted octanol–water partition coefficient (Wildman–Crippen LogP) is 1.68. The number of anilines is 1. The summed E-state index contributed by atoms with van der Waals surface area (Å²) in [6, 6.07) is 5.92. The summed E-state index contributed by atoms with van der Waals surface area (Å²) < 4.78 is 1.03. The average Bonchev–Trinajstić information content (AvgIpc) is 2.67. The topological polar surface area (TPSA) is 71.1 Å². The number of amides is 2. The van der Waals surface area contributed by atoms with E-state index in [-0.39, 0.29) is 18.4 Å². The molecule has 2 amide bonds. The van der Waals surface area contributed by atoms with E-state index in [0.29, 0.717) is 5.13 Å². The Labute approximate surface area is 108 Å².